The maximum atomic E-state index is 9.80. The molecule has 0 aliphatic carbocycles. The summed E-state index contributed by atoms with van der Waals surface area (Å²) in [4.78, 5) is 19.6. The van der Waals surface area contributed by atoms with Crippen molar-refractivity contribution in [1.82, 2.24) is 0 Å². The van der Waals surface area contributed by atoms with Crippen molar-refractivity contribution in [3.8, 4) is 0 Å². The fourth-order valence-corrected chi connectivity index (χ4v) is 17.4. The molecule has 0 aromatic heterocycles. The van der Waals surface area contributed by atoms with E-state index in [-0.39, 0.29) is 21.7 Å². The van der Waals surface area contributed by atoms with Gasteiger partial charge in [0.15, 0.2) is 8.32 Å². The van der Waals surface area contributed by atoms with Gasteiger partial charge in [0, 0.05) is 35.9 Å². The molecule has 7 radical (unpaired) electrons. The minimum absolute atomic E-state index is 0. The number of hydrogen-bond donors (Lipinski definition) is 4. The van der Waals surface area contributed by atoms with Gasteiger partial charge in [0.25, 0.3) is 0 Å². The summed E-state index contributed by atoms with van der Waals surface area (Å²) in [5.41, 5.74) is 0. The largest absolute Gasteiger partial charge is 0.558 e. The second-order valence-electron chi connectivity index (χ2n) is 4.91. The number of aliphatic hydroxyl groups excluding tert-OH is 2. The van der Waals surface area contributed by atoms with Crippen molar-refractivity contribution in [2.75, 3.05) is 14.2 Å². The topological polar surface area (TPSA) is 173 Å². The Morgan fingerprint density at radius 1 is 0.571 bits per heavy atom. The first-order chi connectivity index (χ1) is 12.8. The Bertz CT molecular complexity index is 396. The molecule has 0 atom stereocenters. The molecule has 14 nitrogen and oxygen atoms in total. The molecule has 3 heterocycles. The average molecular weight is 576 g/mol. The van der Waals surface area contributed by atoms with Gasteiger partial charge in [0.05, 0.1) is 0 Å². The Morgan fingerprint density at radius 2 is 0.857 bits per heavy atom. The van der Waals surface area contributed by atoms with Crippen LogP contribution in [0.15, 0.2) is 0 Å². The zero-order valence-electron chi connectivity index (χ0n) is 15.4. The number of hydrogen-bond acceptors (Lipinski definition) is 14. The summed E-state index contributed by atoms with van der Waals surface area (Å²) in [6.45, 7) is 5.85. The van der Waals surface area contributed by atoms with Gasteiger partial charge >= 0.3 is 66.7 Å². The zero-order chi connectivity index (χ0) is 20.6. The Hall–Kier alpha value is 1.89. The Labute approximate surface area is 190 Å². The molecule has 4 bridgehead atoms. The molecule has 3 saturated heterocycles. The van der Waals surface area contributed by atoms with Crippen LogP contribution < -0.4 is 0 Å². The van der Waals surface area contributed by atoms with Gasteiger partial charge in [-0.25, -0.2) is 0 Å². The predicted octanol–water partition coefficient (Wildman–Crippen LogP) is -3.88. The van der Waals surface area contributed by atoms with E-state index in [4.69, 9.17) is 51.4 Å². The zero-order valence-corrected chi connectivity index (χ0v) is 24.9. The quantitative estimate of drug-likeness (QED) is 0.235. The van der Waals surface area contributed by atoms with Gasteiger partial charge in [-0.15, -0.1) is 0 Å². The predicted molar refractivity (Wildman–Crippen MR) is 95.2 cm³/mol. The number of aliphatic hydroxyl groups is 2. The molecule has 159 valence electrons. The monoisotopic (exact) mass is 575 g/mol. The van der Waals surface area contributed by atoms with Crippen LogP contribution in [-0.4, -0.2) is 109 Å². The Kier molecular flexibility index (Phi) is 15.9. The molecular formula is C5H19O14Si8Ti. The molecule has 0 amide bonds. The molecule has 0 saturated carbocycles. The van der Waals surface area contributed by atoms with Crippen molar-refractivity contribution in [2.24, 2.45) is 0 Å². The molecule has 0 spiro atoms. The van der Waals surface area contributed by atoms with Gasteiger partial charge in [0.1, 0.15) is 0 Å². The standard InChI is InChI=1S/C3H11O12Si8.2CH4O.Ti/c1-23(2,3)15-22-13-19-8-16(4)6-18-7-17(5)9-20(14-22)12-21(10-18)11-19;2*1-2;/h4-5H,1-3H3;2*2H,1H3;. The molecule has 4 N–H and O–H groups in total. The molecule has 23 heteroatoms. The van der Waals surface area contributed by atoms with Crippen LogP contribution in [0.2, 0.25) is 19.6 Å². The van der Waals surface area contributed by atoms with Crippen molar-refractivity contribution < 1.29 is 82.7 Å². The second kappa shape index (κ2) is 14.9. The van der Waals surface area contributed by atoms with Gasteiger partial charge in [-0.3, -0.25) is 0 Å². The molecule has 3 fully saturated rings. The minimum Gasteiger partial charge on any atom is -0.415 e. The Morgan fingerprint density at radius 3 is 1.18 bits per heavy atom. The average Bonchev–Trinajstić information content (AvgIpc) is 2.51. The van der Waals surface area contributed by atoms with Crippen molar-refractivity contribution >= 4 is 75.0 Å². The van der Waals surface area contributed by atoms with E-state index in [2.05, 4.69) is 0 Å². The summed E-state index contributed by atoms with van der Waals surface area (Å²) in [6.07, 6.45) is 0. The minimum atomic E-state index is -2.75. The molecule has 0 unspecified atom stereocenters. The smallest absolute Gasteiger partial charge is 0.415 e. The first-order valence-electron chi connectivity index (χ1n) is 6.92. The molecular weight excluding hydrogens is 557 g/mol. The molecule has 0 aromatic rings. The molecule has 3 aliphatic heterocycles. The summed E-state index contributed by atoms with van der Waals surface area (Å²) in [6, 6.07) is 0. The van der Waals surface area contributed by atoms with Crippen molar-refractivity contribution in [3.05, 3.63) is 0 Å². The van der Waals surface area contributed by atoms with E-state index in [0.717, 1.165) is 14.2 Å². The van der Waals surface area contributed by atoms with Gasteiger partial charge in [-0.05, 0) is 19.6 Å². The molecule has 3 aliphatic rings. The maximum Gasteiger partial charge on any atom is 0.558 e. The van der Waals surface area contributed by atoms with E-state index in [1.165, 1.54) is 0 Å². The second-order valence-corrected chi connectivity index (χ2v) is 20.9. The third kappa shape index (κ3) is 11.0. The van der Waals surface area contributed by atoms with Crippen LogP contribution >= 0.6 is 0 Å². The summed E-state index contributed by atoms with van der Waals surface area (Å²) in [7, 11) is -17.5. The first kappa shape index (κ1) is 29.9. The van der Waals surface area contributed by atoms with Crippen LogP contribution in [0.5, 0.6) is 0 Å². The molecule has 0 aromatic carbocycles. The third-order valence-corrected chi connectivity index (χ3v) is 17.1. The Balaban J connectivity index is 0.00000137. The summed E-state index contributed by atoms with van der Waals surface area (Å²) in [5, 5.41) is 14.0. The van der Waals surface area contributed by atoms with Crippen LogP contribution in [0.3, 0.4) is 0 Å². The van der Waals surface area contributed by atoms with E-state index in [0.29, 0.717) is 0 Å². The maximum absolute atomic E-state index is 9.80. The fourth-order valence-electron chi connectivity index (χ4n) is 1.23. The van der Waals surface area contributed by atoms with Crippen LogP contribution in [0.4, 0.5) is 0 Å². The van der Waals surface area contributed by atoms with E-state index in [1.54, 1.807) is 0 Å². The SMILES string of the molecule is CO.CO.C[Si](C)(C)O[Si]1O[Si]2O[Si](O)O[Si]3O[Si](O)O[Si](O[Si](O3)O2)O1.[Ti]. The summed E-state index contributed by atoms with van der Waals surface area (Å²) < 4.78 is 54.3. The molecule has 3 rings (SSSR count). The van der Waals surface area contributed by atoms with Crippen LogP contribution in [-0.2, 0) is 62.9 Å². The van der Waals surface area contributed by atoms with Gasteiger partial charge in [-0.2, -0.15) is 0 Å². The van der Waals surface area contributed by atoms with E-state index in [9.17, 15) is 9.59 Å². The van der Waals surface area contributed by atoms with Crippen molar-refractivity contribution in [3.63, 3.8) is 0 Å². The fraction of sp³-hybridized carbons (Fsp3) is 1.00. The summed E-state index contributed by atoms with van der Waals surface area (Å²) >= 11 is 0. The first-order valence-corrected chi connectivity index (χ1v) is 19.0. The van der Waals surface area contributed by atoms with Crippen molar-refractivity contribution in [2.45, 2.75) is 19.6 Å². The van der Waals surface area contributed by atoms with Gasteiger partial charge < -0.3 is 61.0 Å². The normalized spacial score (nSPS) is 24.3. The van der Waals surface area contributed by atoms with Crippen LogP contribution in [0.25, 0.3) is 0 Å². The summed E-state index contributed by atoms with van der Waals surface area (Å²) in [5.74, 6) is 0. The van der Waals surface area contributed by atoms with Gasteiger partial charge in [-0.1, -0.05) is 0 Å². The molecule has 28 heavy (non-hydrogen) atoms. The van der Waals surface area contributed by atoms with E-state index in [1.807, 2.05) is 19.6 Å². The van der Waals surface area contributed by atoms with Gasteiger partial charge in [0.2, 0.25) is 0 Å². The van der Waals surface area contributed by atoms with Crippen LogP contribution in [0.1, 0.15) is 0 Å². The number of rotatable bonds is 2. The van der Waals surface area contributed by atoms with E-state index < -0.39 is 75.0 Å². The van der Waals surface area contributed by atoms with Crippen LogP contribution in [0, 0.1) is 0 Å². The van der Waals surface area contributed by atoms with Crippen molar-refractivity contribution in [1.29, 1.82) is 0 Å². The number of fused-ring (bicyclic) bond motifs is 3. The third-order valence-electron chi connectivity index (χ3n) is 1.91. The van der Waals surface area contributed by atoms with E-state index >= 15 is 0 Å².